The van der Waals surface area contributed by atoms with Gasteiger partial charge in [-0.3, -0.25) is 0 Å². The van der Waals surface area contributed by atoms with Crippen LogP contribution in [0.15, 0.2) is 18.2 Å². The smallest absolute Gasteiger partial charge is 0.124 e. The third-order valence-electron chi connectivity index (χ3n) is 4.17. The predicted molar refractivity (Wildman–Crippen MR) is 72.5 cm³/mol. The average molecular weight is 263 g/mol. The molecule has 0 radical (unpaired) electrons. The summed E-state index contributed by atoms with van der Waals surface area (Å²) in [7, 11) is 1.67. The molecule has 104 valence electrons. The molecule has 2 heterocycles. The van der Waals surface area contributed by atoms with Crippen LogP contribution in [0.25, 0.3) is 0 Å². The first-order chi connectivity index (χ1) is 9.28. The third-order valence-corrected chi connectivity index (χ3v) is 4.17. The van der Waals surface area contributed by atoms with Crippen molar-refractivity contribution in [2.45, 2.75) is 31.4 Å². The molecule has 3 rings (SSSR count). The minimum absolute atomic E-state index is 0.0340. The lowest BCUT2D eigenvalue weighted by atomic mass is 9.86. The maximum atomic E-state index is 6.30. The summed E-state index contributed by atoms with van der Waals surface area (Å²) in [6.07, 6.45) is 3.25. The van der Waals surface area contributed by atoms with Gasteiger partial charge in [0.05, 0.1) is 7.11 Å². The van der Waals surface area contributed by atoms with Crippen LogP contribution < -0.4 is 15.2 Å². The lowest BCUT2D eigenvalue weighted by molar-refractivity contribution is 0.00726. The second-order valence-electron chi connectivity index (χ2n) is 5.35. The van der Waals surface area contributed by atoms with Gasteiger partial charge in [0.1, 0.15) is 17.6 Å². The van der Waals surface area contributed by atoms with Crippen molar-refractivity contribution < 1.29 is 14.2 Å². The zero-order chi connectivity index (χ0) is 13.2. The first-order valence-corrected chi connectivity index (χ1v) is 6.96. The minimum atomic E-state index is 0.0340. The van der Waals surface area contributed by atoms with Gasteiger partial charge in [-0.15, -0.1) is 0 Å². The highest BCUT2D eigenvalue weighted by molar-refractivity contribution is 5.43. The minimum Gasteiger partial charge on any atom is -0.497 e. The van der Waals surface area contributed by atoms with E-state index in [-0.39, 0.29) is 12.1 Å². The van der Waals surface area contributed by atoms with Crippen molar-refractivity contribution >= 4 is 0 Å². The van der Waals surface area contributed by atoms with E-state index in [0.29, 0.717) is 5.92 Å². The lowest BCUT2D eigenvalue weighted by Crippen LogP contribution is -2.37. The van der Waals surface area contributed by atoms with Crippen molar-refractivity contribution in [3.05, 3.63) is 23.8 Å². The fourth-order valence-electron chi connectivity index (χ4n) is 3.02. The van der Waals surface area contributed by atoms with Gasteiger partial charge in [-0.1, -0.05) is 0 Å². The van der Waals surface area contributed by atoms with Crippen LogP contribution in [-0.4, -0.2) is 26.4 Å². The molecule has 1 saturated heterocycles. The van der Waals surface area contributed by atoms with Gasteiger partial charge in [-0.2, -0.15) is 0 Å². The Kier molecular flexibility index (Phi) is 3.62. The molecule has 2 N–H and O–H groups in total. The van der Waals surface area contributed by atoms with Gasteiger partial charge < -0.3 is 19.9 Å². The van der Waals surface area contributed by atoms with E-state index >= 15 is 0 Å². The van der Waals surface area contributed by atoms with Crippen LogP contribution in [-0.2, 0) is 4.74 Å². The number of benzene rings is 1. The Morgan fingerprint density at radius 3 is 2.79 bits per heavy atom. The quantitative estimate of drug-likeness (QED) is 0.889. The zero-order valence-electron chi connectivity index (χ0n) is 11.3. The fraction of sp³-hybridized carbons (Fsp3) is 0.600. The van der Waals surface area contributed by atoms with E-state index in [1.54, 1.807) is 7.11 Å². The fourth-order valence-corrected chi connectivity index (χ4v) is 3.02. The summed E-state index contributed by atoms with van der Waals surface area (Å²) in [5.41, 5.74) is 7.36. The van der Waals surface area contributed by atoms with E-state index in [2.05, 4.69) is 0 Å². The highest BCUT2D eigenvalue weighted by atomic mass is 16.5. The number of hydrogen-bond acceptors (Lipinski definition) is 4. The van der Waals surface area contributed by atoms with E-state index in [9.17, 15) is 0 Å². The molecular weight excluding hydrogens is 242 g/mol. The van der Waals surface area contributed by atoms with Crippen LogP contribution in [0.3, 0.4) is 0 Å². The summed E-state index contributed by atoms with van der Waals surface area (Å²) in [5, 5.41) is 0. The topological polar surface area (TPSA) is 53.7 Å². The molecule has 1 fully saturated rings. The molecule has 1 aromatic rings. The van der Waals surface area contributed by atoms with Crippen molar-refractivity contribution in [2.24, 2.45) is 11.7 Å². The van der Waals surface area contributed by atoms with Gasteiger partial charge in [-0.25, -0.2) is 0 Å². The first-order valence-electron chi connectivity index (χ1n) is 6.96. The van der Waals surface area contributed by atoms with E-state index in [1.165, 1.54) is 0 Å². The molecule has 2 atom stereocenters. The Bertz CT molecular complexity index is 443. The maximum absolute atomic E-state index is 6.30. The van der Waals surface area contributed by atoms with E-state index in [4.69, 9.17) is 19.9 Å². The van der Waals surface area contributed by atoms with Gasteiger partial charge in [0, 0.05) is 37.2 Å². The normalized spacial score (nSPS) is 27.5. The first kappa shape index (κ1) is 12.8. The van der Waals surface area contributed by atoms with Crippen molar-refractivity contribution in [3.63, 3.8) is 0 Å². The average Bonchev–Trinajstić information content (AvgIpc) is 2.48. The lowest BCUT2D eigenvalue weighted by Gasteiger charge is -2.36. The SMILES string of the molecule is COc1ccc2c(c1)C(N)CC(C1CCOCC1)O2. The summed E-state index contributed by atoms with van der Waals surface area (Å²) < 4.78 is 16.8. The Balaban J connectivity index is 1.79. The van der Waals surface area contributed by atoms with Crippen molar-refractivity contribution in [3.8, 4) is 11.5 Å². The van der Waals surface area contributed by atoms with Crippen molar-refractivity contribution in [1.82, 2.24) is 0 Å². The predicted octanol–water partition coefficient (Wildman–Crippen LogP) is 2.27. The molecule has 4 nitrogen and oxygen atoms in total. The molecular formula is C15H21NO3. The Morgan fingerprint density at radius 1 is 1.26 bits per heavy atom. The molecule has 0 amide bonds. The Labute approximate surface area is 113 Å². The molecule has 4 heteroatoms. The van der Waals surface area contributed by atoms with Crippen LogP contribution in [0.4, 0.5) is 0 Å². The largest absolute Gasteiger partial charge is 0.497 e. The highest BCUT2D eigenvalue weighted by Crippen LogP contribution is 2.39. The highest BCUT2D eigenvalue weighted by Gasteiger charge is 2.32. The summed E-state index contributed by atoms with van der Waals surface area (Å²) >= 11 is 0. The second kappa shape index (κ2) is 5.39. The van der Waals surface area contributed by atoms with E-state index in [0.717, 1.165) is 49.5 Å². The van der Waals surface area contributed by atoms with Crippen molar-refractivity contribution in [2.75, 3.05) is 20.3 Å². The van der Waals surface area contributed by atoms with Gasteiger partial charge >= 0.3 is 0 Å². The number of fused-ring (bicyclic) bond motifs is 1. The van der Waals surface area contributed by atoms with Gasteiger partial charge in [0.2, 0.25) is 0 Å². The van der Waals surface area contributed by atoms with E-state index < -0.39 is 0 Å². The van der Waals surface area contributed by atoms with Gasteiger partial charge in [-0.05, 0) is 31.0 Å². The van der Waals surface area contributed by atoms with Crippen molar-refractivity contribution in [1.29, 1.82) is 0 Å². The standard InChI is InChI=1S/C15H21NO3/c1-17-11-2-3-14-12(8-11)13(16)9-15(19-14)10-4-6-18-7-5-10/h2-3,8,10,13,15H,4-7,9,16H2,1H3. The summed E-state index contributed by atoms with van der Waals surface area (Å²) in [4.78, 5) is 0. The monoisotopic (exact) mass is 263 g/mol. The van der Waals surface area contributed by atoms with Crippen LogP contribution in [0, 0.1) is 5.92 Å². The molecule has 0 bridgehead atoms. The molecule has 0 aliphatic carbocycles. The molecule has 0 spiro atoms. The van der Waals surface area contributed by atoms with E-state index in [1.807, 2.05) is 18.2 Å². The van der Waals surface area contributed by atoms with Crippen LogP contribution in [0.5, 0.6) is 11.5 Å². The maximum Gasteiger partial charge on any atom is 0.124 e. The van der Waals surface area contributed by atoms with Crippen LogP contribution in [0.2, 0.25) is 0 Å². The molecule has 1 aromatic carbocycles. The Hall–Kier alpha value is -1.26. The molecule has 2 unspecified atom stereocenters. The summed E-state index contributed by atoms with van der Waals surface area (Å²) in [6, 6.07) is 5.92. The number of nitrogens with two attached hydrogens (primary N) is 1. The zero-order valence-corrected chi connectivity index (χ0v) is 11.3. The van der Waals surface area contributed by atoms with Gasteiger partial charge in [0.15, 0.2) is 0 Å². The second-order valence-corrected chi connectivity index (χ2v) is 5.35. The van der Waals surface area contributed by atoms with Crippen LogP contribution >= 0.6 is 0 Å². The molecule has 19 heavy (non-hydrogen) atoms. The number of ether oxygens (including phenoxy) is 3. The summed E-state index contributed by atoms with van der Waals surface area (Å²) in [5.74, 6) is 2.31. The molecule has 0 saturated carbocycles. The van der Waals surface area contributed by atoms with Crippen LogP contribution in [0.1, 0.15) is 30.9 Å². The number of methoxy groups -OCH3 is 1. The molecule has 2 aliphatic heterocycles. The number of hydrogen-bond donors (Lipinski definition) is 1. The van der Waals surface area contributed by atoms with Gasteiger partial charge in [0.25, 0.3) is 0 Å². The summed E-state index contributed by atoms with van der Waals surface area (Å²) in [6.45, 7) is 1.68. The molecule has 0 aromatic heterocycles. The third kappa shape index (κ3) is 2.55. The molecule has 2 aliphatic rings. The Morgan fingerprint density at radius 2 is 2.05 bits per heavy atom. The number of rotatable bonds is 2.